The average Bonchev–Trinajstić information content (AvgIpc) is 3.10. The van der Waals surface area contributed by atoms with Crippen molar-refractivity contribution in [3.05, 3.63) is 108 Å². The van der Waals surface area contributed by atoms with Crippen LogP contribution in [-0.4, -0.2) is 102 Å². The number of aromatic hydroxyl groups is 1. The van der Waals surface area contributed by atoms with Crippen molar-refractivity contribution in [1.29, 1.82) is 0 Å². The molecule has 0 saturated carbocycles. The largest absolute Gasteiger partial charge is 0.508 e. The molecule has 5 atom stereocenters. The second-order valence-electron chi connectivity index (χ2n) is 12.2. The van der Waals surface area contributed by atoms with E-state index in [-0.39, 0.29) is 24.4 Å². The van der Waals surface area contributed by atoms with Gasteiger partial charge in [0.1, 0.15) is 11.8 Å². The number of piperazine rings is 1. The Hall–Kier alpha value is -4.88. The fourth-order valence-electron chi connectivity index (χ4n) is 5.61. The number of carbonyl (C=O) groups excluding carboxylic acids is 4. The van der Waals surface area contributed by atoms with E-state index in [1.807, 2.05) is 72.8 Å². The Morgan fingerprint density at radius 2 is 1.57 bits per heavy atom. The zero-order valence-corrected chi connectivity index (χ0v) is 27.6. The summed E-state index contributed by atoms with van der Waals surface area (Å²) in [6, 6.07) is 21.7. The third-order valence-electron chi connectivity index (χ3n) is 8.31. The van der Waals surface area contributed by atoms with E-state index in [0.29, 0.717) is 25.2 Å². The minimum atomic E-state index is -1.38. The molecule has 8 N–H and O–H groups in total. The van der Waals surface area contributed by atoms with Crippen LogP contribution in [0.3, 0.4) is 0 Å². The Kier molecular flexibility index (Phi) is 14.0. The van der Waals surface area contributed by atoms with E-state index in [0.717, 1.165) is 17.7 Å². The molecule has 4 rings (SSSR count). The molecule has 0 radical (unpaired) electrons. The molecule has 1 heterocycles. The van der Waals surface area contributed by atoms with Crippen molar-refractivity contribution in [2.45, 2.75) is 50.0 Å². The number of nitrogens with two attached hydrogens (primary N) is 1. The number of carbonyl (C=O) groups is 4. The molecular formula is C37H46N6O6. The number of benzene rings is 3. The zero-order valence-electron chi connectivity index (χ0n) is 27.6. The average molecular weight is 671 g/mol. The number of amides is 3. The molecule has 0 aliphatic carbocycles. The molecule has 12 heteroatoms. The molecule has 0 bridgehead atoms. The molecule has 3 aromatic carbocycles. The molecule has 3 aromatic rings. The van der Waals surface area contributed by atoms with Gasteiger partial charge in [-0.3, -0.25) is 24.1 Å². The van der Waals surface area contributed by atoms with E-state index in [4.69, 9.17) is 5.73 Å². The van der Waals surface area contributed by atoms with Crippen LogP contribution in [0.15, 0.2) is 91.0 Å². The monoisotopic (exact) mass is 670 g/mol. The minimum absolute atomic E-state index is 0.0762. The summed E-state index contributed by atoms with van der Waals surface area (Å²) < 4.78 is 0. The number of nitrogens with one attached hydrogen (secondary N) is 4. The van der Waals surface area contributed by atoms with Crippen LogP contribution in [0.2, 0.25) is 0 Å². The Morgan fingerprint density at radius 1 is 0.918 bits per heavy atom. The Morgan fingerprint density at radius 3 is 2.24 bits per heavy atom. The maximum absolute atomic E-state index is 14.0. The number of phenols is 1. The molecule has 1 unspecified atom stereocenters. The second kappa shape index (κ2) is 18.6. The van der Waals surface area contributed by atoms with Gasteiger partial charge in [0, 0.05) is 26.2 Å². The van der Waals surface area contributed by atoms with Crippen LogP contribution >= 0.6 is 0 Å². The first kappa shape index (κ1) is 36.9. The van der Waals surface area contributed by atoms with Gasteiger partial charge >= 0.3 is 0 Å². The van der Waals surface area contributed by atoms with Gasteiger partial charge in [-0.15, -0.1) is 0 Å². The molecule has 260 valence electrons. The topological polar surface area (TPSA) is 186 Å². The second-order valence-corrected chi connectivity index (χ2v) is 12.2. The van der Waals surface area contributed by atoms with E-state index < -0.39 is 54.5 Å². The van der Waals surface area contributed by atoms with E-state index >= 15 is 0 Å². The lowest BCUT2D eigenvalue weighted by atomic mass is 9.95. The number of aliphatic hydroxyl groups excluding tert-OH is 1. The van der Waals surface area contributed by atoms with Gasteiger partial charge in [0.2, 0.25) is 17.7 Å². The first-order valence-corrected chi connectivity index (χ1v) is 16.4. The fraction of sp³-hybridized carbons (Fsp3) is 0.351. The summed E-state index contributed by atoms with van der Waals surface area (Å²) in [4.78, 5) is 55.1. The van der Waals surface area contributed by atoms with Gasteiger partial charge in [-0.25, -0.2) is 0 Å². The van der Waals surface area contributed by atoms with Crippen LogP contribution in [0.4, 0.5) is 0 Å². The number of hydrogen-bond acceptors (Lipinski definition) is 9. The summed E-state index contributed by atoms with van der Waals surface area (Å²) >= 11 is 0. The van der Waals surface area contributed by atoms with Crippen molar-refractivity contribution in [1.82, 2.24) is 26.2 Å². The van der Waals surface area contributed by atoms with Crippen LogP contribution < -0.4 is 27.0 Å². The molecule has 12 nitrogen and oxygen atoms in total. The van der Waals surface area contributed by atoms with Gasteiger partial charge in [0.15, 0.2) is 5.78 Å². The van der Waals surface area contributed by atoms with E-state index in [1.165, 1.54) is 19.1 Å². The Balaban J connectivity index is 1.37. The standard InChI is InChI=1S/C37H46N6O6/c1-25(44)34(42-36(48)30(38)21-28-14-16-29(45)17-15-28)37(49)40-24-33(46)41-31(22-27-11-6-3-7-12-27)35(47)32-23-39-18-20-43(32)19-8-13-26-9-4-2-5-10-26/h2-17,25,30-32,34,39,44-45H,18-24,38H2,1H3,(H,40,49)(H,41,46)(H,42,48)/t25-,30-,31-,32?,34+/m0/s1. The van der Waals surface area contributed by atoms with Gasteiger partial charge in [-0.05, 0) is 48.6 Å². The third-order valence-corrected chi connectivity index (χ3v) is 8.31. The van der Waals surface area contributed by atoms with Gasteiger partial charge in [-0.1, -0.05) is 84.9 Å². The molecule has 1 saturated heterocycles. The van der Waals surface area contributed by atoms with Gasteiger partial charge in [0.05, 0.1) is 30.8 Å². The Bertz CT molecular complexity index is 1550. The zero-order chi connectivity index (χ0) is 35.2. The number of aliphatic hydroxyl groups is 1. The van der Waals surface area contributed by atoms with Crippen molar-refractivity contribution in [2.24, 2.45) is 5.73 Å². The summed E-state index contributed by atoms with van der Waals surface area (Å²) in [6.45, 7) is 3.23. The van der Waals surface area contributed by atoms with E-state index in [9.17, 15) is 29.4 Å². The quantitative estimate of drug-likeness (QED) is 0.114. The normalized spacial score (nSPS) is 17.4. The molecule has 49 heavy (non-hydrogen) atoms. The molecule has 0 aromatic heterocycles. The molecule has 1 aliphatic heterocycles. The lowest BCUT2D eigenvalue weighted by Crippen LogP contribution is -2.60. The van der Waals surface area contributed by atoms with Crippen LogP contribution in [-0.2, 0) is 32.0 Å². The van der Waals surface area contributed by atoms with Gasteiger partial charge in [0.25, 0.3) is 0 Å². The highest BCUT2D eigenvalue weighted by Crippen LogP contribution is 2.13. The predicted molar refractivity (Wildman–Crippen MR) is 187 cm³/mol. The first-order chi connectivity index (χ1) is 23.6. The van der Waals surface area contributed by atoms with Gasteiger partial charge < -0.3 is 37.2 Å². The summed E-state index contributed by atoms with van der Waals surface area (Å²) in [7, 11) is 0. The smallest absolute Gasteiger partial charge is 0.245 e. The number of ketones is 1. The van der Waals surface area contributed by atoms with Crippen molar-refractivity contribution >= 4 is 29.6 Å². The van der Waals surface area contributed by atoms with Gasteiger partial charge in [-0.2, -0.15) is 0 Å². The number of rotatable bonds is 16. The lowest BCUT2D eigenvalue weighted by Gasteiger charge is -2.36. The summed E-state index contributed by atoms with van der Waals surface area (Å²) in [5.41, 5.74) is 8.66. The molecule has 1 aliphatic rings. The number of hydrogen-bond donors (Lipinski definition) is 7. The lowest BCUT2D eigenvalue weighted by molar-refractivity contribution is -0.134. The summed E-state index contributed by atoms with van der Waals surface area (Å²) in [5, 5.41) is 30.8. The summed E-state index contributed by atoms with van der Waals surface area (Å²) in [6.07, 6.45) is 3.15. The molecular weight excluding hydrogens is 624 g/mol. The third kappa shape index (κ3) is 11.6. The molecule has 1 fully saturated rings. The van der Waals surface area contributed by atoms with Crippen LogP contribution in [0.1, 0.15) is 23.6 Å². The maximum Gasteiger partial charge on any atom is 0.245 e. The van der Waals surface area contributed by atoms with E-state index in [2.05, 4.69) is 26.2 Å². The SMILES string of the molecule is C[C@H](O)[C@@H](NC(=O)[C@@H](N)Cc1ccc(O)cc1)C(=O)NCC(=O)N[C@@H](Cc1ccccc1)C(=O)C1CNCCN1CC=Cc1ccccc1. The van der Waals surface area contributed by atoms with E-state index in [1.54, 1.807) is 12.1 Å². The minimum Gasteiger partial charge on any atom is -0.508 e. The highest BCUT2D eigenvalue weighted by atomic mass is 16.3. The summed E-state index contributed by atoms with van der Waals surface area (Å²) in [5.74, 6) is -2.12. The predicted octanol–water partition coefficient (Wildman–Crippen LogP) is 0.528. The van der Waals surface area contributed by atoms with Crippen LogP contribution in [0.5, 0.6) is 5.75 Å². The fourth-order valence-corrected chi connectivity index (χ4v) is 5.61. The van der Waals surface area contributed by atoms with Crippen molar-refractivity contribution in [3.8, 4) is 5.75 Å². The number of phenolic OH excluding ortho intramolecular Hbond substituents is 1. The van der Waals surface area contributed by atoms with Crippen LogP contribution in [0, 0.1) is 0 Å². The first-order valence-electron chi connectivity index (χ1n) is 16.4. The maximum atomic E-state index is 14.0. The van der Waals surface area contributed by atoms with Crippen molar-refractivity contribution in [2.75, 3.05) is 32.7 Å². The highest BCUT2D eigenvalue weighted by molar-refractivity contribution is 5.95. The molecule has 3 amide bonds. The van der Waals surface area contributed by atoms with Crippen molar-refractivity contribution < 1.29 is 29.4 Å². The number of nitrogens with zero attached hydrogens (tertiary/aromatic N) is 1. The molecule has 0 spiro atoms. The Labute approximate surface area is 286 Å². The van der Waals surface area contributed by atoms with Crippen molar-refractivity contribution in [3.63, 3.8) is 0 Å². The van der Waals surface area contributed by atoms with Crippen LogP contribution in [0.25, 0.3) is 6.08 Å². The highest BCUT2D eigenvalue weighted by Gasteiger charge is 2.34. The number of Topliss-reactive ketones (excluding diaryl/α,β-unsaturated/α-hetero) is 1.